The van der Waals surface area contributed by atoms with Crippen molar-refractivity contribution in [3.05, 3.63) is 55.8 Å². The lowest BCUT2D eigenvalue weighted by molar-refractivity contribution is -0.124. The zero-order valence-corrected chi connectivity index (χ0v) is 13.4. The standard InChI is InChI=1S/C14H12INO3S/c15-12-6-2-1-5-11(12)14(18)19-9-13(17)16-8-10-4-3-7-20-10/h1-7H,8-9H2,(H,16,17). The Labute approximate surface area is 134 Å². The molecule has 20 heavy (non-hydrogen) atoms. The molecular weight excluding hydrogens is 389 g/mol. The van der Waals surface area contributed by atoms with E-state index in [0.29, 0.717) is 12.1 Å². The third-order valence-electron chi connectivity index (χ3n) is 2.47. The third-order valence-corrected chi connectivity index (χ3v) is 4.29. The van der Waals surface area contributed by atoms with Crippen LogP contribution in [0.4, 0.5) is 0 Å². The molecule has 6 heteroatoms. The van der Waals surface area contributed by atoms with Gasteiger partial charge in [0.1, 0.15) is 0 Å². The van der Waals surface area contributed by atoms with Gasteiger partial charge in [-0.15, -0.1) is 11.3 Å². The smallest absolute Gasteiger partial charge is 0.339 e. The van der Waals surface area contributed by atoms with Crippen molar-refractivity contribution >= 4 is 45.8 Å². The van der Waals surface area contributed by atoms with Crippen LogP contribution in [0.2, 0.25) is 0 Å². The lowest BCUT2D eigenvalue weighted by Crippen LogP contribution is -2.28. The topological polar surface area (TPSA) is 55.4 Å². The Balaban J connectivity index is 1.78. The zero-order valence-electron chi connectivity index (χ0n) is 10.5. The van der Waals surface area contributed by atoms with Crippen molar-refractivity contribution in [1.82, 2.24) is 5.32 Å². The number of esters is 1. The quantitative estimate of drug-likeness (QED) is 0.620. The van der Waals surface area contributed by atoms with Gasteiger partial charge in [-0.2, -0.15) is 0 Å². The largest absolute Gasteiger partial charge is 0.452 e. The maximum absolute atomic E-state index is 11.8. The highest BCUT2D eigenvalue weighted by Crippen LogP contribution is 2.12. The Kier molecular flexibility index (Phi) is 5.54. The number of nitrogens with one attached hydrogen (secondary N) is 1. The van der Waals surface area contributed by atoms with Crippen molar-refractivity contribution in [2.75, 3.05) is 6.61 Å². The number of thiophene rings is 1. The number of halogens is 1. The average molecular weight is 401 g/mol. The molecule has 0 radical (unpaired) electrons. The van der Waals surface area contributed by atoms with Crippen molar-refractivity contribution in [3.8, 4) is 0 Å². The van der Waals surface area contributed by atoms with E-state index in [1.807, 2.05) is 29.6 Å². The highest BCUT2D eigenvalue weighted by molar-refractivity contribution is 14.1. The summed E-state index contributed by atoms with van der Waals surface area (Å²) >= 11 is 3.62. The van der Waals surface area contributed by atoms with Gasteiger partial charge in [0, 0.05) is 8.45 Å². The Morgan fingerprint density at radius 2 is 2.00 bits per heavy atom. The molecule has 1 aromatic carbocycles. The van der Waals surface area contributed by atoms with Crippen molar-refractivity contribution in [2.24, 2.45) is 0 Å². The molecule has 0 aliphatic carbocycles. The molecule has 1 aromatic heterocycles. The van der Waals surface area contributed by atoms with Crippen molar-refractivity contribution < 1.29 is 14.3 Å². The van der Waals surface area contributed by atoms with Crippen LogP contribution < -0.4 is 5.32 Å². The van der Waals surface area contributed by atoms with E-state index in [0.717, 1.165) is 8.45 Å². The van der Waals surface area contributed by atoms with Gasteiger partial charge in [-0.05, 0) is 46.2 Å². The number of carbonyl (C=O) groups excluding carboxylic acids is 2. The molecule has 0 unspecified atom stereocenters. The van der Waals surface area contributed by atoms with E-state index in [-0.39, 0.29) is 12.5 Å². The molecule has 1 heterocycles. The van der Waals surface area contributed by atoms with E-state index in [1.165, 1.54) is 0 Å². The van der Waals surface area contributed by atoms with E-state index >= 15 is 0 Å². The van der Waals surface area contributed by atoms with Crippen molar-refractivity contribution in [1.29, 1.82) is 0 Å². The number of benzene rings is 1. The molecule has 2 aromatic rings. The molecular formula is C14H12INO3S. The highest BCUT2D eigenvalue weighted by Gasteiger charge is 2.12. The van der Waals surface area contributed by atoms with Crippen LogP contribution in [0.15, 0.2) is 41.8 Å². The monoisotopic (exact) mass is 401 g/mol. The second-order valence-corrected chi connectivity index (χ2v) is 6.11. The molecule has 2 rings (SSSR count). The Bertz CT molecular complexity index is 598. The van der Waals surface area contributed by atoms with Crippen molar-refractivity contribution in [2.45, 2.75) is 6.54 Å². The number of hydrogen-bond acceptors (Lipinski definition) is 4. The molecule has 4 nitrogen and oxygen atoms in total. The maximum Gasteiger partial charge on any atom is 0.339 e. The number of carbonyl (C=O) groups is 2. The number of rotatable bonds is 5. The predicted octanol–water partition coefficient (Wildman–Crippen LogP) is 2.83. The van der Waals surface area contributed by atoms with Gasteiger partial charge >= 0.3 is 5.97 Å². The predicted molar refractivity (Wildman–Crippen MR) is 85.6 cm³/mol. The molecule has 0 saturated heterocycles. The summed E-state index contributed by atoms with van der Waals surface area (Å²) in [4.78, 5) is 24.4. The first-order valence-corrected chi connectivity index (χ1v) is 7.83. The molecule has 104 valence electrons. The minimum atomic E-state index is -0.485. The Morgan fingerprint density at radius 1 is 1.20 bits per heavy atom. The normalized spacial score (nSPS) is 10.1. The summed E-state index contributed by atoms with van der Waals surface area (Å²) in [5, 5.41) is 4.64. The summed E-state index contributed by atoms with van der Waals surface area (Å²) in [6, 6.07) is 10.9. The third kappa shape index (κ3) is 4.31. The van der Waals surface area contributed by atoms with E-state index in [1.54, 1.807) is 23.5 Å². The van der Waals surface area contributed by atoms with Crippen LogP contribution in [0.3, 0.4) is 0 Å². The first-order chi connectivity index (χ1) is 9.66. The second kappa shape index (κ2) is 7.39. The van der Waals surface area contributed by atoms with Crippen LogP contribution in [0.5, 0.6) is 0 Å². The molecule has 0 aliphatic heterocycles. The van der Waals surface area contributed by atoms with E-state index in [9.17, 15) is 9.59 Å². The highest BCUT2D eigenvalue weighted by atomic mass is 127. The van der Waals surface area contributed by atoms with E-state index in [4.69, 9.17) is 4.74 Å². The van der Waals surface area contributed by atoms with E-state index < -0.39 is 5.97 Å². The summed E-state index contributed by atoms with van der Waals surface area (Å²) in [6.07, 6.45) is 0. The maximum atomic E-state index is 11.8. The van der Waals surface area contributed by atoms with Gasteiger partial charge in [0.2, 0.25) is 0 Å². The van der Waals surface area contributed by atoms with Crippen LogP contribution in [-0.2, 0) is 16.1 Å². The molecule has 0 fully saturated rings. The average Bonchev–Trinajstić information content (AvgIpc) is 2.96. The van der Waals surface area contributed by atoms with Crippen LogP contribution in [-0.4, -0.2) is 18.5 Å². The van der Waals surface area contributed by atoms with Crippen molar-refractivity contribution in [3.63, 3.8) is 0 Å². The first-order valence-electron chi connectivity index (χ1n) is 5.87. The summed E-state index contributed by atoms with van der Waals surface area (Å²) in [6.45, 7) is 0.187. The summed E-state index contributed by atoms with van der Waals surface area (Å²) < 4.78 is 5.79. The number of ether oxygens (including phenoxy) is 1. The fraction of sp³-hybridized carbons (Fsp3) is 0.143. The number of hydrogen-bond donors (Lipinski definition) is 1. The molecule has 0 bridgehead atoms. The Morgan fingerprint density at radius 3 is 2.70 bits per heavy atom. The Hall–Kier alpha value is -1.41. The molecule has 0 aliphatic rings. The lowest BCUT2D eigenvalue weighted by Gasteiger charge is -2.06. The lowest BCUT2D eigenvalue weighted by atomic mass is 10.2. The van der Waals surface area contributed by atoms with Gasteiger partial charge in [-0.3, -0.25) is 4.79 Å². The molecule has 1 N–H and O–H groups in total. The van der Waals surface area contributed by atoms with Crippen LogP contribution in [0.1, 0.15) is 15.2 Å². The first kappa shape index (κ1) is 15.0. The fourth-order valence-electron chi connectivity index (χ4n) is 1.49. The molecule has 0 spiro atoms. The molecule has 1 amide bonds. The van der Waals surface area contributed by atoms with Gasteiger partial charge in [0.25, 0.3) is 5.91 Å². The molecule has 0 saturated carbocycles. The summed E-state index contributed by atoms with van der Waals surface area (Å²) in [5.74, 6) is -0.793. The minimum Gasteiger partial charge on any atom is -0.452 e. The molecule has 0 atom stereocenters. The minimum absolute atomic E-state index is 0.269. The van der Waals surface area contributed by atoms with Crippen LogP contribution in [0, 0.1) is 3.57 Å². The summed E-state index contributed by atoms with van der Waals surface area (Å²) in [7, 11) is 0. The zero-order chi connectivity index (χ0) is 14.4. The number of amides is 1. The van der Waals surface area contributed by atoms with Gasteiger partial charge in [0.05, 0.1) is 12.1 Å². The SMILES string of the molecule is O=C(COC(=O)c1ccccc1I)NCc1cccs1. The van der Waals surface area contributed by atoms with Gasteiger partial charge < -0.3 is 10.1 Å². The van der Waals surface area contributed by atoms with Crippen LogP contribution in [0.25, 0.3) is 0 Å². The summed E-state index contributed by atoms with van der Waals surface area (Å²) in [5.41, 5.74) is 0.471. The fourth-order valence-corrected chi connectivity index (χ4v) is 2.74. The van der Waals surface area contributed by atoms with E-state index in [2.05, 4.69) is 27.9 Å². The van der Waals surface area contributed by atoms with Gasteiger partial charge in [-0.1, -0.05) is 18.2 Å². The van der Waals surface area contributed by atoms with Gasteiger partial charge in [0.15, 0.2) is 6.61 Å². The van der Waals surface area contributed by atoms with Gasteiger partial charge in [-0.25, -0.2) is 4.79 Å². The second-order valence-electron chi connectivity index (χ2n) is 3.91. The van der Waals surface area contributed by atoms with Crippen LogP contribution >= 0.6 is 33.9 Å².